The molecule has 1 saturated heterocycles. The monoisotopic (exact) mass is 473 g/mol. The predicted octanol–water partition coefficient (Wildman–Crippen LogP) is 5.49. The van der Waals surface area contributed by atoms with Crippen LogP contribution in [0.4, 0.5) is 5.69 Å². The molecule has 180 valence electrons. The van der Waals surface area contributed by atoms with Crippen molar-refractivity contribution in [2.75, 3.05) is 38.1 Å². The van der Waals surface area contributed by atoms with Crippen molar-refractivity contribution in [2.24, 2.45) is 0 Å². The minimum absolute atomic E-state index is 0.803. The molecule has 0 atom stereocenters. The number of benzene rings is 2. The Hall–Kier alpha value is -3.96. The van der Waals surface area contributed by atoms with E-state index in [0.29, 0.717) is 0 Å². The lowest BCUT2D eigenvalue weighted by molar-refractivity contribution is 0.313. The lowest BCUT2D eigenvalue weighted by Gasteiger charge is -2.34. The Balaban J connectivity index is 1.30. The van der Waals surface area contributed by atoms with Gasteiger partial charge in [0.05, 0.1) is 11.2 Å². The summed E-state index contributed by atoms with van der Waals surface area (Å²) in [6, 6.07) is 28.3. The average molecular weight is 474 g/mol. The van der Waals surface area contributed by atoms with E-state index in [1.165, 1.54) is 22.3 Å². The van der Waals surface area contributed by atoms with Gasteiger partial charge in [0.15, 0.2) is 0 Å². The summed E-state index contributed by atoms with van der Waals surface area (Å²) in [7, 11) is 2.19. The number of pyridine rings is 2. The smallest absolute Gasteiger partial charge is 0.0522 e. The molecule has 5 nitrogen and oxygen atoms in total. The first-order valence-electron chi connectivity index (χ1n) is 12.7. The van der Waals surface area contributed by atoms with E-state index in [1.807, 2.05) is 24.7 Å². The van der Waals surface area contributed by atoms with Crippen LogP contribution in [0.15, 0.2) is 97.5 Å². The Morgan fingerprint density at radius 1 is 0.778 bits per heavy atom. The van der Waals surface area contributed by atoms with Crippen LogP contribution in [0.1, 0.15) is 16.8 Å². The first-order chi connectivity index (χ1) is 17.7. The number of aromatic nitrogens is 3. The molecule has 0 bridgehead atoms. The standard InChI is InChI=1S/C31H31N5/c1-34-14-16-35(17-15-34)29-11-9-24(10-12-29)18-28-20-31-27(22-33-28)19-30(26-8-5-13-32-21-26)36(31)23-25-6-3-2-4-7-25/h2-13,19-22H,14-18,23H2,1H3. The van der Waals surface area contributed by atoms with Gasteiger partial charge in [-0.1, -0.05) is 42.5 Å². The molecule has 0 unspecified atom stereocenters. The third-order valence-corrected chi connectivity index (χ3v) is 7.17. The van der Waals surface area contributed by atoms with Crippen LogP contribution in [-0.4, -0.2) is 52.7 Å². The molecule has 1 aliphatic heterocycles. The fraction of sp³-hybridized carbons (Fsp3) is 0.226. The summed E-state index contributed by atoms with van der Waals surface area (Å²) < 4.78 is 2.39. The van der Waals surface area contributed by atoms with Crippen molar-refractivity contribution in [3.8, 4) is 11.3 Å². The molecule has 0 amide bonds. The van der Waals surface area contributed by atoms with Gasteiger partial charge in [-0.25, -0.2) is 0 Å². The van der Waals surface area contributed by atoms with Gasteiger partial charge in [0, 0.05) is 80.1 Å². The van der Waals surface area contributed by atoms with Crippen LogP contribution < -0.4 is 4.90 Å². The maximum absolute atomic E-state index is 4.83. The van der Waals surface area contributed by atoms with Crippen LogP contribution in [0.5, 0.6) is 0 Å². The zero-order chi connectivity index (χ0) is 24.3. The first-order valence-corrected chi connectivity index (χ1v) is 12.7. The number of piperazine rings is 1. The van der Waals surface area contributed by atoms with Gasteiger partial charge in [-0.2, -0.15) is 0 Å². The number of anilines is 1. The molecule has 0 N–H and O–H groups in total. The van der Waals surface area contributed by atoms with E-state index in [-0.39, 0.29) is 0 Å². The molecule has 6 rings (SSSR count). The van der Waals surface area contributed by atoms with E-state index in [1.54, 1.807) is 0 Å². The van der Waals surface area contributed by atoms with Gasteiger partial charge in [0.1, 0.15) is 0 Å². The third kappa shape index (κ3) is 4.75. The zero-order valence-corrected chi connectivity index (χ0v) is 20.7. The topological polar surface area (TPSA) is 37.2 Å². The maximum atomic E-state index is 4.83. The number of hydrogen-bond acceptors (Lipinski definition) is 4. The van der Waals surface area contributed by atoms with Crippen LogP contribution >= 0.6 is 0 Å². The summed E-state index contributed by atoms with van der Waals surface area (Å²) in [4.78, 5) is 14.1. The quantitative estimate of drug-likeness (QED) is 0.327. The Labute approximate surface area is 212 Å². The molecule has 5 heteroatoms. The van der Waals surface area contributed by atoms with Gasteiger partial charge >= 0.3 is 0 Å². The summed E-state index contributed by atoms with van der Waals surface area (Å²) >= 11 is 0. The van der Waals surface area contributed by atoms with Crippen LogP contribution in [0.2, 0.25) is 0 Å². The van der Waals surface area contributed by atoms with Crippen LogP contribution in [0, 0.1) is 0 Å². The highest BCUT2D eigenvalue weighted by atomic mass is 15.2. The maximum Gasteiger partial charge on any atom is 0.0522 e. The fourth-order valence-electron chi connectivity index (χ4n) is 5.08. The Morgan fingerprint density at radius 2 is 1.58 bits per heavy atom. The van der Waals surface area contributed by atoms with Crippen molar-refractivity contribution in [2.45, 2.75) is 13.0 Å². The molecule has 36 heavy (non-hydrogen) atoms. The minimum Gasteiger partial charge on any atom is -0.369 e. The van der Waals surface area contributed by atoms with E-state index < -0.39 is 0 Å². The van der Waals surface area contributed by atoms with Crippen LogP contribution in [0.3, 0.4) is 0 Å². The number of rotatable bonds is 6. The van der Waals surface area contributed by atoms with Crippen LogP contribution in [0.25, 0.3) is 22.2 Å². The largest absolute Gasteiger partial charge is 0.369 e. The van der Waals surface area contributed by atoms with E-state index in [0.717, 1.165) is 61.5 Å². The van der Waals surface area contributed by atoms with Crippen molar-refractivity contribution < 1.29 is 0 Å². The number of likely N-dealkylation sites (N-methyl/N-ethyl adjacent to an activating group) is 1. The van der Waals surface area contributed by atoms with Crippen molar-refractivity contribution in [1.82, 2.24) is 19.4 Å². The molecule has 0 saturated carbocycles. The summed E-state index contributed by atoms with van der Waals surface area (Å²) in [5.74, 6) is 0. The fourth-order valence-corrected chi connectivity index (χ4v) is 5.08. The van der Waals surface area contributed by atoms with Crippen LogP contribution in [-0.2, 0) is 13.0 Å². The van der Waals surface area contributed by atoms with Gasteiger partial charge < -0.3 is 14.4 Å². The van der Waals surface area contributed by atoms with Gasteiger partial charge in [0.2, 0.25) is 0 Å². The minimum atomic E-state index is 0.803. The summed E-state index contributed by atoms with van der Waals surface area (Å²) in [5, 5.41) is 1.15. The molecular formula is C31H31N5. The molecule has 2 aromatic carbocycles. The molecule has 1 fully saturated rings. The van der Waals surface area contributed by atoms with Gasteiger partial charge in [0.25, 0.3) is 0 Å². The zero-order valence-electron chi connectivity index (χ0n) is 20.7. The van der Waals surface area contributed by atoms with Crippen molar-refractivity contribution >= 4 is 16.6 Å². The second-order valence-electron chi connectivity index (χ2n) is 9.71. The molecule has 1 aliphatic rings. The second-order valence-corrected chi connectivity index (χ2v) is 9.71. The van der Waals surface area contributed by atoms with Crippen molar-refractivity contribution in [3.05, 3.63) is 114 Å². The molecule has 4 heterocycles. The molecule has 0 spiro atoms. The third-order valence-electron chi connectivity index (χ3n) is 7.17. The average Bonchev–Trinajstić information content (AvgIpc) is 3.28. The second kappa shape index (κ2) is 9.96. The van der Waals surface area contributed by atoms with Gasteiger partial charge in [-0.3, -0.25) is 9.97 Å². The molecular weight excluding hydrogens is 442 g/mol. The summed E-state index contributed by atoms with van der Waals surface area (Å²) in [5.41, 5.74) is 8.44. The van der Waals surface area contributed by atoms with Crippen molar-refractivity contribution in [1.29, 1.82) is 0 Å². The number of nitrogens with zero attached hydrogens (tertiary/aromatic N) is 5. The van der Waals surface area contributed by atoms with Gasteiger partial charge in [-0.05, 0) is 54.6 Å². The number of hydrogen-bond donors (Lipinski definition) is 0. The molecule has 5 aromatic rings. The normalized spacial score (nSPS) is 14.4. The predicted molar refractivity (Wildman–Crippen MR) is 147 cm³/mol. The lowest BCUT2D eigenvalue weighted by Crippen LogP contribution is -2.44. The summed E-state index contributed by atoms with van der Waals surface area (Å²) in [6.45, 7) is 5.22. The Morgan fingerprint density at radius 3 is 2.33 bits per heavy atom. The van der Waals surface area contributed by atoms with E-state index >= 15 is 0 Å². The van der Waals surface area contributed by atoms with E-state index in [4.69, 9.17) is 4.98 Å². The lowest BCUT2D eigenvalue weighted by atomic mass is 10.1. The van der Waals surface area contributed by atoms with Gasteiger partial charge in [-0.15, -0.1) is 0 Å². The molecule has 3 aromatic heterocycles. The Bertz CT molecular complexity index is 1430. The van der Waals surface area contributed by atoms with E-state index in [9.17, 15) is 0 Å². The molecule has 0 radical (unpaired) electrons. The first kappa shape index (κ1) is 22.5. The highest BCUT2D eigenvalue weighted by molar-refractivity contribution is 5.86. The summed E-state index contributed by atoms with van der Waals surface area (Å²) in [6.07, 6.45) is 6.59. The molecule has 0 aliphatic carbocycles. The number of fused-ring (bicyclic) bond motifs is 1. The van der Waals surface area contributed by atoms with Crippen molar-refractivity contribution in [3.63, 3.8) is 0 Å². The van der Waals surface area contributed by atoms with E-state index in [2.05, 4.69) is 99.2 Å². The highest BCUT2D eigenvalue weighted by Gasteiger charge is 2.15. The SMILES string of the molecule is CN1CCN(c2ccc(Cc3cc4c(cn3)cc(-c3cccnc3)n4Cc3ccccc3)cc2)CC1. The Kier molecular flexibility index (Phi) is 6.22. The highest BCUT2D eigenvalue weighted by Crippen LogP contribution is 2.29.